The van der Waals surface area contributed by atoms with Gasteiger partial charge in [-0.3, -0.25) is 9.78 Å². The number of benzene rings is 1. The summed E-state index contributed by atoms with van der Waals surface area (Å²) in [5.74, 6) is 0.0431. The van der Waals surface area contributed by atoms with Crippen molar-refractivity contribution in [1.29, 1.82) is 0 Å². The minimum Gasteiger partial charge on any atom is -0.368 e. The topological polar surface area (TPSA) is 45.7 Å². The molecule has 1 aliphatic heterocycles. The van der Waals surface area contributed by atoms with Gasteiger partial charge >= 0.3 is 0 Å². The molecule has 6 heteroatoms. The van der Waals surface area contributed by atoms with Gasteiger partial charge < -0.3 is 14.5 Å². The zero-order valence-corrected chi connectivity index (χ0v) is 15.1. The van der Waals surface area contributed by atoms with Gasteiger partial charge in [-0.2, -0.15) is 0 Å². The molecule has 3 rings (SSSR count). The summed E-state index contributed by atoms with van der Waals surface area (Å²) in [6, 6.07) is 9.71. The van der Waals surface area contributed by atoms with Crippen molar-refractivity contribution in [2.45, 2.75) is 13.5 Å². The first-order valence-electron chi connectivity index (χ1n) is 8.39. The molecule has 1 aromatic heterocycles. The van der Waals surface area contributed by atoms with Crippen molar-refractivity contribution in [3.63, 3.8) is 0 Å². The minimum atomic E-state index is 0.0431. The van der Waals surface area contributed by atoms with E-state index in [4.69, 9.17) is 16.3 Å². The molecule has 25 heavy (non-hydrogen) atoms. The van der Waals surface area contributed by atoms with Gasteiger partial charge in [0.25, 0.3) is 0 Å². The lowest BCUT2D eigenvalue weighted by Gasteiger charge is -2.36. The number of piperazine rings is 1. The second-order valence-electron chi connectivity index (χ2n) is 6.15. The molecular formula is C19H22ClN3O2. The molecule has 1 fully saturated rings. The van der Waals surface area contributed by atoms with Crippen molar-refractivity contribution in [2.24, 2.45) is 0 Å². The van der Waals surface area contributed by atoms with Crippen molar-refractivity contribution in [2.75, 3.05) is 37.7 Å². The smallest absolute Gasteiger partial charge is 0.248 e. The summed E-state index contributed by atoms with van der Waals surface area (Å²) in [4.78, 5) is 20.4. The number of amides is 1. The maximum absolute atomic E-state index is 12.3. The number of halogens is 1. The van der Waals surface area contributed by atoms with Crippen LogP contribution < -0.4 is 4.90 Å². The van der Waals surface area contributed by atoms with E-state index in [2.05, 4.69) is 16.8 Å². The van der Waals surface area contributed by atoms with Crippen LogP contribution in [0.1, 0.15) is 11.1 Å². The van der Waals surface area contributed by atoms with E-state index >= 15 is 0 Å². The van der Waals surface area contributed by atoms with Gasteiger partial charge in [-0.1, -0.05) is 11.6 Å². The van der Waals surface area contributed by atoms with Gasteiger partial charge in [-0.05, 0) is 48.4 Å². The van der Waals surface area contributed by atoms with Crippen LogP contribution in [0.25, 0.3) is 0 Å². The Morgan fingerprint density at radius 1 is 1.16 bits per heavy atom. The van der Waals surface area contributed by atoms with Gasteiger partial charge in [0.2, 0.25) is 5.91 Å². The normalized spacial score (nSPS) is 14.6. The van der Waals surface area contributed by atoms with Crippen molar-refractivity contribution in [1.82, 2.24) is 9.88 Å². The van der Waals surface area contributed by atoms with Crippen molar-refractivity contribution in [3.8, 4) is 0 Å². The Labute approximate surface area is 153 Å². The molecular weight excluding hydrogens is 338 g/mol. The Morgan fingerprint density at radius 2 is 1.88 bits per heavy atom. The first-order chi connectivity index (χ1) is 12.1. The number of pyridine rings is 1. The third kappa shape index (κ3) is 4.71. The third-order valence-corrected chi connectivity index (χ3v) is 4.61. The lowest BCUT2D eigenvalue weighted by molar-refractivity contribution is -0.136. The number of nitrogens with zero attached hydrogens (tertiary/aromatic N) is 3. The molecule has 0 atom stereocenters. The molecule has 1 amide bonds. The molecule has 1 aliphatic rings. The van der Waals surface area contributed by atoms with Gasteiger partial charge in [0.15, 0.2) is 0 Å². The number of carbonyl (C=O) groups is 1. The Kier molecular flexibility index (Phi) is 5.89. The molecule has 0 saturated carbocycles. The zero-order chi connectivity index (χ0) is 17.6. The van der Waals surface area contributed by atoms with Crippen LogP contribution in [0.5, 0.6) is 0 Å². The number of carbonyl (C=O) groups excluding carboxylic acids is 1. The summed E-state index contributed by atoms with van der Waals surface area (Å²) in [6.07, 6.45) is 3.44. The molecule has 2 heterocycles. The van der Waals surface area contributed by atoms with Crippen LogP contribution in [-0.2, 0) is 16.1 Å². The van der Waals surface area contributed by atoms with Crippen LogP contribution >= 0.6 is 11.6 Å². The van der Waals surface area contributed by atoms with Crippen LogP contribution in [0, 0.1) is 6.92 Å². The van der Waals surface area contributed by atoms with E-state index in [1.165, 1.54) is 5.69 Å². The molecule has 1 saturated heterocycles. The Bertz CT molecular complexity index is 716. The SMILES string of the molecule is Cc1cc(Cl)ccc1N1CCN(C(=O)COCc2ccncc2)CC1. The zero-order valence-electron chi connectivity index (χ0n) is 14.3. The van der Waals surface area contributed by atoms with E-state index < -0.39 is 0 Å². The van der Waals surface area contributed by atoms with Crippen molar-refractivity contribution in [3.05, 3.63) is 58.9 Å². The van der Waals surface area contributed by atoms with Crippen molar-refractivity contribution >= 4 is 23.2 Å². The fraction of sp³-hybridized carbons (Fsp3) is 0.368. The molecule has 2 aromatic rings. The summed E-state index contributed by atoms with van der Waals surface area (Å²) in [5, 5.41) is 0.751. The monoisotopic (exact) mass is 359 g/mol. The van der Waals surface area contributed by atoms with Crippen molar-refractivity contribution < 1.29 is 9.53 Å². The average Bonchev–Trinajstić information content (AvgIpc) is 2.63. The Balaban J connectivity index is 1.46. The van der Waals surface area contributed by atoms with Crippen LogP contribution in [-0.4, -0.2) is 48.6 Å². The van der Waals surface area contributed by atoms with Crippen LogP contribution in [0.15, 0.2) is 42.7 Å². The van der Waals surface area contributed by atoms with Gasteiger partial charge in [0.1, 0.15) is 6.61 Å². The highest BCUT2D eigenvalue weighted by atomic mass is 35.5. The highest BCUT2D eigenvalue weighted by Gasteiger charge is 2.22. The molecule has 0 unspecified atom stereocenters. The lowest BCUT2D eigenvalue weighted by atomic mass is 10.1. The summed E-state index contributed by atoms with van der Waals surface area (Å²) >= 11 is 6.02. The summed E-state index contributed by atoms with van der Waals surface area (Å²) in [5.41, 5.74) is 3.37. The maximum atomic E-state index is 12.3. The maximum Gasteiger partial charge on any atom is 0.248 e. The first-order valence-corrected chi connectivity index (χ1v) is 8.77. The first kappa shape index (κ1) is 17.7. The van der Waals surface area contributed by atoms with Crippen LogP contribution in [0.2, 0.25) is 5.02 Å². The number of hydrogen-bond donors (Lipinski definition) is 0. The molecule has 0 bridgehead atoms. The van der Waals surface area contributed by atoms with E-state index in [1.54, 1.807) is 12.4 Å². The molecule has 0 spiro atoms. The second kappa shape index (κ2) is 8.32. The fourth-order valence-electron chi connectivity index (χ4n) is 3.00. The molecule has 5 nitrogen and oxygen atoms in total. The molecule has 0 N–H and O–H groups in total. The van der Waals surface area contributed by atoms with Gasteiger partial charge in [-0.15, -0.1) is 0 Å². The summed E-state index contributed by atoms with van der Waals surface area (Å²) < 4.78 is 5.53. The third-order valence-electron chi connectivity index (χ3n) is 4.38. The minimum absolute atomic E-state index is 0.0431. The largest absolute Gasteiger partial charge is 0.368 e. The van der Waals surface area contributed by atoms with E-state index in [1.807, 2.05) is 35.2 Å². The van der Waals surface area contributed by atoms with Gasteiger partial charge in [0, 0.05) is 49.3 Å². The van der Waals surface area contributed by atoms with Crippen LogP contribution in [0.4, 0.5) is 5.69 Å². The van der Waals surface area contributed by atoms with Gasteiger partial charge in [0.05, 0.1) is 6.61 Å². The highest BCUT2D eigenvalue weighted by molar-refractivity contribution is 6.30. The summed E-state index contributed by atoms with van der Waals surface area (Å²) in [6.45, 7) is 5.66. The van der Waals surface area contributed by atoms with Gasteiger partial charge in [-0.25, -0.2) is 0 Å². The van der Waals surface area contributed by atoms with E-state index in [0.29, 0.717) is 19.7 Å². The summed E-state index contributed by atoms with van der Waals surface area (Å²) in [7, 11) is 0. The molecule has 1 aromatic carbocycles. The van der Waals surface area contributed by atoms with E-state index in [-0.39, 0.29) is 12.5 Å². The number of aryl methyl sites for hydroxylation is 1. The predicted molar refractivity (Wildman–Crippen MR) is 98.9 cm³/mol. The molecule has 0 radical (unpaired) electrons. The quantitative estimate of drug-likeness (QED) is 0.823. The number of rotatable bonds is 5. The fourth-order valence-corrected chi connectivity index (χ4v) is 3.22. The number of anilines is 1. The van der Waals surface area contributed by atoms with E-state index in [9.17, 15) is 4.79 Å². The number of hydrogen-bond acceptors (Lipinski definition) is 4. The van der Waals surface area contributed by atoms with Crippen LogP contribution in [0.3, 0.4) is 0 Å². The Morgan fingerprint density at radius 3 is 2.56 bits per heavy atom. The predicted octanol–water partition coefficient (Wildman–Crippen LogP) is 2.91. The Hall–Kier alpha value is -2.11. The highest BCUT2D eigenvalue weighted by Crippen LogP contribution is 2.24. The molecule has 132 valence electrons. The average molecular weight is 360 g/mol. The number of ether oxygens (including phenoxy) is 1. The number of aromatic nitrogens is 1. The van der Waals surface area contributed by atoms with E-state index in [0.717, 1.165) is 29.2 Å². The molecule has 0 aliphatic carbocycles. The standard InChI is InChI=1S/C19H22ClN3O2/c1-15-12-17(20)2-3-18(15)22-8-10-23(11-9-22)19(24)14-25-13-16-4-6-21-7-5-16/h2-7,12H,8-11,13-14H2,1H3. The lowest BCUT2D eigenvalue weighted by Crippen LogP contribution is -2.50. The second-order valence-corrected chi connectivity index (χ2v) is 6.58.